The van der Waals surface area contributed by atoms with Gasteiger partial charge < -0.3 is 24.3 Å². The molecule has 376 valence electrons. The van der Waals surface area contributed by atoms with E-state index < -0.39 is 53.7 Å². The van der Waals surface area contributed by atoms with E-state index in [1.54, 1.807) is 0 Å². The van der Waals surface area contributed by atoms with E-state index in [9.17, 15) is 34.1 Å². The van der Waals surface area contributed by atoms with Crippen LogP contribution in [-0.2, 0) is 33.4 Å². The Hall–Kier alpha value is -4.23. The van der Waals surface area contributed by atoms with Gasteiger partial charge in [-0.25, -0.2) is 0 Å². The molecule has 2 aromatic rings. The molecule has 0 aliphatic rings. The van der Waals surface area contributed by atoms with Crippen molar-refractivity contribution in [3.05, 3.63) is 62.1 Å². The van der Waals surface area contributed by atoms with Crippen LogP contribution < -0.4 is 10.1 Å². The number of ether oxygens (including phenoxy) is 4. The lowest BCUT2D eigenvalue weighted by molar-refractivity contribution is -0.384. The number of non-ortho nitro benzene ring substituents is 1. The lowest BCUT2D eigenvalue weighted by Gasteiger charge is -2.18. The largest absolute Gasteiger partial charge is 0.462 e. The van der Waals surface area contributed by atoms with E-state index in [4.69, 9.17) is 42.1 Å². The van der Waals surface area contributed by atoms with Gasteiger partial charge in [-0.1, -0.05) is 191 Å². The number of amides is 1. The van der Waals surface area contributed by atoms with Crippen LogP contribution in [0.25, 0.3) is 0 Å². The molecule has 2 rings (SSSR count). The predicted molar refractivity (Wildman–Crippen MR) is 265 cm³/mol. The minimum absolute atomic E-state index is 0.0716. The van der Waals surface area contributed by atoms with E-state index in [-0.39, 0.29) is 58.8 Å². The van der Waals surface area contributed by atoms with Crippen LogP contribution in [0.4, 0.5) is 11.4 Å². The molecule has 0 unspecified atom stereocenters. The van der Waals surface area contributed by atoms with Gasteiger partial charge in [0.2, 0.25) is 0 Å². The highest BCUT2D eigenvalue weighted by atomic mass is 35.5. The van der Waals surface area contributed by atoms with Crippen LogP contribution in [0.5, 0.6) is 5.75 Å². The highest BCUT2D eigenvalue weighted by Gasteiger charge is 2.23. The summed E-state index contributed by atoms with van der Waals surface area (Å²) in [5.74, 6) is -3.50. The molecule has 0 aliphatic heterocycles. The molecule has 1 amide bonds. The molecule has 0 aliphatic carbocycles. The quantitative estimate of drug-likeness (QED) is 0.0168. The summed E-state index contributed by atoms with van der Waals surface area (Å²) in [7, 11) is 0. The second kappa shape index (κ2) is 37.7. The van der Waals surface area contributed by atoms with Crippen molar-refractivity contribution in [2.24, 2.45) is 0 Å². The molecule has 0 fully saturated rings. The number of halogens is 2. The monoisotopic (exact) mass is 976 g/mol. The summed E-state index contributed by atoms with van der Waals surface area (Å²) in [4.78, 5) is 74.9. The number of benzene rings is 2. The number of nitrogens with zero attached hydrogens (tertiary/aromatic N) is 1. The number of nitrogens with one attached hydrogen (secondary N) is 1. The predicted octanol–water partition coefficient (Wildman–Crippen LogP) is 14.8. The Kier molecular flexibility index (Phi) is 33.2. The summed E-state index contributed by atoms with van der Waals surface area (Å²) in [5, 5.41) is 13.7. The second-order valence-electron chi connectivity index (χ2n) is 17.5. The minimum atomic E-state index is -1.09. The molecule has 67 heavy (non-hydrogen) atoms. The number of rotatable bonds is 40. The first-order valence-electron chi connectivity index (χ1n) is 25.2. The third kappa shape index (κ3) is 29.3. The van der Waals surface area contributed by atoms with Crippen LogP contribution in [0.15, 0.2) is 36.4 Å². The summed E-state index contributed by atoms with van der Waals surface area (Å²) in [6.45, 7) is 3.83. The number of hydrogen-bond acceptors (Lipinski definition) is 11. The number of unbranched alkanes of at least 4 members (excludes halogenated alkanes) is 24. The van der Waals surface area contributed by atoms with Gasteiger partial charge in [0.05, 0.1) is 34.0 Å². The first-order valence-corrected chi connectivity index (χ1v) is 25.9. The molecule has 0 heterocycles. The number of anilines is 1. The molecule has 0 atom stereocenters. The zero-order valence-electron chi connectivity index (χ0n) is 40.4. The average Bonchev–Trinajstić information content (AvgIpc) is 3.30. The minimum Gasteiger partial charge on any atom is -0.462 e. The molecule has 0 bridgehead atoms. The Balaban J connectivity index is 1.84. The summed E-state index contributed by atoms with van der Waals surface area (Å²) in [5.41, 5.74) is -0.339. The van der Waals surface area contributed by atoms with Crippen molar-refractivity contribution in [2.45, 2.75) is 213 Å². The van der Waals surface area contributed by atoms with E-state index in [0.29, 0.717) is 12.8 Å². The van der Waals surface area contributed by atoms with Gasteiger partial charge in [-0.2, -0.15) is 0 Å². The van der Waals surface area contributed by atoms with Gasteiger partial charge in [0.25, 0.3) is 11.6 Å². The first-order chi connectivity index (χ1) is 32.4. The maximum atomic E-state index is 13.2. The third-order valence-electron chi connectivity index (χ3n) is 11.5. The number of esters is 4. The van der Waals surface area contributed by atoms with Gasteiger partial charge in [-0.3, -0.25) is 34.1 Å². The van der Waals surface area contributed by atoms with Gasteiger partial charge in [0.1, 0.15) is 19.0 Å². The topological polar surface area (TPSA) is 177 Å². The van der Waals surface area contributed by atoms with Gasteiger partial charge in [0.15, 0.2) is 6.10 Å². The number of carbonyl (C=O) groups is 5. The van der Waals surface area contributed by atoms with Crippen LogP contribution >= 0.6 is 23.2 Å². The van der Waals surface area contributed by atoms with Crippen molar-refractivity contribution in [3.63, 3.8) is 0 Å². The van der Waals surface area contributed by atoms with Crippen molar-refractivity contribution >= 4 is 64.4 Å². The average molecular weight is 978 g/mol. The van der Waals surface area contributed by atoms with Gasteiger partial charge >= 0.3 is 23.9 Å². The fraction of sp³-hybridized carbons (Fsp3) is 0.673. The summed E-state index contributed by atoms with van der Waals surface area (Å²) >= 11 is 12.3. The molecule has 1 N–H and O–H groups in total. The molecule has 0 spiro atoms. The lowest BCUT2D eigenvalue weighted by Crippen LogP contribution is -2.31. The van der Waals surface area contributed by atoms with Crippen LogP contribution in [0, 0.1) is 10.1 Å². The Morgan fingerprint density at radius 2 is 0.985 bits per heavy atom. The van der Waals surface area contributed by atoms with Gasteiger partial charge in [-0.15, -0.1) is 0 Å². The van der Waals surface area contributed by atoms with Crippen LogP contribution in [-0.4, -0.2) is 54.0 Å². The third-order valence-corrected chi connectivity index (χ3v) is 12.0. The fourth-order valence-electron chi connectivity index (χ4n) is 7.51. The maximum absolute atomic E-state index is 13.2. The Morgan fingerprint density at radius 3 is 1.42 bits per heavy atom. The van der Waals surface area contributed by atoms with Crippen molar-refractivity contribution in [2.75, 3.05) is 18.5 Å². The van der Waals surface area contributed by atoms with E-state index in [2.05, 4.69) is 19.2 Å². The Bertz CT molecular complexity index is 1710. The summed E-state index contributed by atoms with van der Waals surface area (Å²) in [6.07, 6.45) is 29.2. The zero-order valence-corrected chi connectivity index (χ0v) is 41.9. The lowest BCUT2D eigenvalue weighted by atomic mass is 10.0. The molecular formula is C52H78Cl2N2O11. The molecular weight excluding hydrogens is 899 g/mol. The molecule has 13 nitrogen and oxygen atoms in total. The summed E-state index contributed by atoms with van der Waals surface area (Å²) in [6, 6.07) is 7.47. The fourth-order valence-corrected chi connectivity index (χ4v) is 7.90. The van der Waals surface area contributed by atoms with Crippen molar-refractivity contribution in [1.29, 1.82) is 0 Å². The van der Waals surface area contributed by atoms with Crippen LogP contribution in [0.3, 0.4) is 0 Å². The molecule has 2 aromatic carbocycles. The summed E-state index contributed by atoms with van der Waals surface area (Å²) < 4.78 is 21.9. The van der Waals surface area contributed by atoms with Crippen molar-refractivity contribution < 1.29 is 47.8 Å². The van der Waals surface area contributed by atoms with E-state index in [0.717, 1.165) is 44.6 Å². The van der Waals surface area contributed by atoms with Crippen LogP contribution in [0.1, 0.15) is 217 Å². The molecule has 0 saturated heterocycles. The van der Waals surface area contributed by atoms with Crippen molar-refractivity contribution in [3.8, 4) is 5.75 Å². The Labute approximate surface area is 409 Å². The van der Waals surface area contributed by atoms with E-state index in [1.807, 2.05) is 0 Å². The maximum Gasteiger partial charge on any atom is 0.311 e. The SMILES string of the molecule is CCCCCCCCCCCCCCCC(=O)OCC(COC(=O)CCCCCCCCCCCCCCC)OC(=O)CCC(=O)Oc1ccc(Cl)cc1C(=O)Nc1ccc([N+](=O)[O-])cc1Cl. The number of nitro groups is 1. The zero-order chi connectivity index (χ0) is 48.9. The van der Waals surface area contributed by atoms with E-state index >= 15 is 0 Å². The number of carbonyl (C=O) groups excluding carboxylic acids is 5. The number of nitro benzene ring substituents is 1. The second-order valence-corrected chi connectivity index (χ2v) is 18.3. The molecule has 0 saturated carbocycles. The van der Waals surface area contributed by atoms with Gasteiger partial charge in [0, 0.05) is 30.0 Å². The smallest absolute Gasteiger partial charge is 0.311 e. The standard InChI is InChI=1S/C52H78Cl2N2O11/c1-3-5-7-9-11-13-15-17-19-21-23-25-27-29-48(57)64-39-43(40-65-49(58)30-28-26-24-22-20-18-16-14-12-10-8-6-4-2)66-50(59)35-36-51(60)67-47-34-31-41(53)37-44(47)52(61)55-46-33-32-42(56(62)63)38-45(46)54/h31-34,37-38,43H,3-30,35-36,39-40H2,1-2H3,(H,55,61). The molecule has 0 radical (unpaired) electrons. The van der Waals surface area contributed by atoms with Crippen LogP contribution in [0.2, 0.25) is 10.0 Å². The van der Waals surface area contributed by atoms with Gasteiger partial charge in [-0.05, 0) is 37.1 Å². The molecule has 15 heteroatoms. The highest BCUT2D eigenvalue weighted by molar-refractivity contribution is 6.34. The first kappa shape index (κ1) is 58.9. The Morgan fingerprint density at radius 1 is 0.552 bits per heavy atom. The van der Waals surface area contributed by atoms with Crippen molar-refractivity contribution in [1.82, 2.24) is 0 Å². The number of hydrogen-bond donors (Lipinski definition) is 1. The normalized spacial score (nSPS) is 11.1. The highest BCUT2D eigenvalue weighted by Crippen LogP contribution is 2.30. The molecule has 0 aromatic heterocycles. The van der Waals surface area contributed by atoms with E-state index in [1.165, 1.54) is 146 Å².